The Balaban J connectivity index is 4.55. The van der Waals surface area contributed by atoms with Gasteiger partial charge in [-0.2, -0.15) is 0 Å². The highest BCUT2D eigenvalue weighted by molar-refractivity contribution is 5.72. The molecular weight excluding hydrogens is 673 g/mol. The molecule has 0 saturated carbocycles. The molecule has 54 heavy (non-hydrogen) atoms. The van der Waals surface area contributed by atoms with Gasteiger partial charge in [-0.1, -0.05) is 156 Å². The first kappa shape index (κ1) is 50.1. The highest BCUT2D eigenvalue weighted by Gasteiger charge is 2.19. The van der Waals surface area contributed by atoms with Gasteiger partial charge >= 0.3 is 17.9 Å². The third-order valence-electron chi connectivity index (χ3n) is 8.03. The van der Waals surface area contributed by atoms with Crippen LogP contribution >= 0.6 is 0 Å². The quantitative estimate of drug-likeness (QED) is 0.0278. The number of hydrogen-bond donors (Lipinski definition) is 0. The van der Waals surface area contributed by atoms with Crippen molar-refractivity contribution in [1.29, 1.82) is 0 Å². The fourth-order valence-electron chi connectivity index (χ4n) is 4.93. The van der Waals surface area contributed by atoms with Crippen LogP contribution in [0.2, 0.25) is 0 Å². The van der Waals surface area contributed by atoms with E-state index in [2.05, 4.69) is 118 Å². The van der Waals surface area contributed by atoms with Crippen LogP contribution < -0.4 is 0 Å². The van der Waals surface area contributed by atoms with Gasteiger partial charge in [-0.3, -0.25) is 14.4 Å². The lowest BCUT2D eigenvalue weighted by molar-refractivity contribution is -0.166. The zero-order valence-electron chi connectivity index (χ0n) is 34.2. The Morgan fingerprint density at radius 1 is 0.407 bits per heavy atom. The Morgan fingerprint density at radius 3 is 1.35 bits per heavy atom. The Kier molecular flexibility index (Phi) is 38.8. The lowest BCUT2D eigenvalue weighted by Gasteiger charge is -2.18. The summed E-state index contributed by atoms with van der Waals surface area (Å²) < 4.78 is 16.4. The summed E-state index contributed by atoms with van der Waals surface area (Å²) in [4.78, 5) is 37.4. The Morgan fingerprint density at radius 2 is 0.815 bits per heavy atom. The van der Waals surface area contributed by atoms with Crippen molar-refractivity contribution in [1.82, 2.24) is 0 Å². The number of carbonyl (C=O) groups is 3. The van der Waals surface area contributed by atoms with Crippen LogP contribution in [-0.2, 0) is 28.6 Å². The van der Waals surface area contributed by atoms with E-state index in [4.69, 9.17) is 14.2 Å². The smallest absolute Gasteiger partial charge is 0.309 e. The molecule has 0 rings (SSSR count). The Hall–Kier alpha value is -3.93. The van der Waals surface area contributed by atoms with Crippen molar-refractivity contribution < 1.29 is 28.6 Å². The first-order valence-corrected chi connectivity index (χ1v) is 20.9. The van der Waals surface area contributed by atoms with Gasteiger partial charge in [-0.15, -0.1) is 0 Å². The lowest BCUT2D eigenvalue weighted by atomic mass is 10.1. The maximum Gasteiger partial charge on any atom is 0.309 e. The van der Waals surface area contributed by atoms with E-state index in [0.717, 1.165) is 96.3 Å². The molecule has 1 unspecified atom stereocenters. The molecule has 0 fully saturated rings. The molecule has 0 heterocycles. The van der Waals surface area contributed by atoms with E-state index in [0.29, 0.717) is 6.42 Å². The molecule has 0 bridgehead atoms. The van der Waals surface area contributed by atoms with Gasteiger partial charge in [-0.25, -0.2) is 0 Å². The maximum absolute atomic E-state index is 12.6. The summed E-state index contributed by atoms with van der Waals surface area (Å²) in [6.07, 6.45) is 55.4. The molecule has 0 radical (unpaired) electrons. The van der Waals surface area contributed by atoms with Crippen LogP contribution in [0.15, 0.2) is 109 Å². The number of carbonyl (C=O) groups excluding carboxylic acids is 3. The molecule has 302 valence electrons. The zero-order chi connectivity index (χ0) is 39.4. The summed E-state index contributed by atoms with van der Waals surface area (Å²) in [5.74, 6) is -1.15. The van der Waals surface area contributed by atoms with E-state index in [1.165, 1.54) is 12.8 Å². The number of ether oxygens (including phenoxy) is 3. The van der Waals surface area contributed by atoms with Crippen molar-refractivity contribution in [2.24, 2.45) is 0 Å². The van der Waals surface area contributed by atoms with Crippen molar-refractivity contribution in [3.63, 3.8) is 0 Å². The van der Waals surface area contributed by atoms with E-state index in [-0.39, 0.29) is 44.4 Å². The number of rotatable bonds is 35. The van der Waals surface area contributed by atoms with E-state index in [9.17, 15) is 14.4 Å². The van der Waals surface area contributed by atoms with Crippen LogP contribution in [0, 0.1) is 0 Å². The lowest BCUT2D eigenvalue weighted by Crippen LogP contribution is -2.30. The minimum absolute atomic E-state index is 0.119. The molecule has 0 amide bonds. The minimum Gasteiger partial charge on any atom is -0.462 e. The van der Waals surface area contributed by atoms with Crippen LogP contribution in [-0.4, -0.2) is 37.2 Å². The van der Waals surface area contributed by atoms with Crippen molar-refractivity contribution in [3.05, 3.63) is 109 Å². The van der Waals surface area contributed by atoms with E-state index in [1.807, 2.05) is 6.08 Å². The summed E-state index contributed by atoms with van der Waals surface area (Å²) in [7, 11) is 0. The summed E-state index contributed by atoms with van der Waals surface area (Å²) in [6, 6.07) is 0. The average molecular weight is 747 g/mol. The topological polar surface area (TPSA) is 78.9 Å². The van der Waals surface area contributed by atoms with Gasteiger partial charge in [0.1, 0.15) is 13.2 Å². The fraction of sp³-hybridized carbons (Fsp3) is 0.562. The van der Waals surface area contributed by atoms with Crippen LogP contribution in [0.5, 0.6) is 0 Å². The molecule has 0 N–H and O–H groups in total. The van der Waals surface area contributed by atoms with Crippen molar-refractivity contribution in [2.75, 3.05) is 13.2 Å². The largest absolute Gasteiger partial charge is 0.462 e. The number of unbranched alkanes of at least 4 members (excludes halogenated alkanes) is 7. The highest BCUT2D eigenvalue weighted by Crippen LogP contribution is 2.10. The third-order valence-corrected chi connectivity index (χ3v) is 8.03. The molecule has 0 aliphatic heterocycles. The average Bonchev–Trinajstić information content (AvgIpc) is 3.17. The maximum atomic E-state index is 12.6. The SMILES string of the molecule is CC/C=C\C/C=C\C/C=C\C/C=C\C/C=C\CCCC(=O)OCC(COC(=O)C/C=C\C/C=C\C/C=C\CC)OC(=O)CCCCCC/C=C\CCCC. The molecule has 6 nitrogen and oxygen atoms in total. The second-order valence-corrected chi connectivity index (χ2v) is 13.1. The summed E-state index contributed by atoms with van der Waals surface area (Å²) >= 11 is 0. The predicted octanol–water partition coefficient (Wildman–Crippen LogP) is 13.2. The number of hydrogen-bond acceptors (Lipinski definition) is 6. The second-order valence-electron chi connectivity index (χ2n) is 13.1. The van der Waals surface area contributed by atoms with Gasteiger partial charge in [0, 0.05) is 12.8 Å². The third kappa shape index (κ3) is 39.3. The number of allylic oxidation sites excluding steroid dienone is 17. The second kappa shape index (κ2) is 41.8. The summed E-state index contributed by atoms with van der Waals surface area (Å²) in [6.45, 7) is 6.15. The fourth-order valence-corrected chi connectivity index (χ4v) is 4.93. The molecule has 0 spiro atoms. The molecule has 0 aliphatic rings. The van der Waals surface area contributed by atoms with Crippen molar-refractivity contribution in [2.45, 2.75) is 162 Å². The highest BCUT2D eigenvalue weighted by atomic mass is 16.6. The minimum atomic E-state index is -0.840. The van der Waals surface area contributed by atoms with E-state index in [1.54, 1.807) is 6.08 Å². The molecule has 0 aliphatic carbocycles. The number of esters is 3. The van der Waals surface area contributed by atoms with Crippen molar-refractivity contribution in [3.8, 4) is 0 Å². The molecule has 1 atom stereocenters. The Labute approximate surface area is 330 Å². The molecule has 0 aromatic rings. The van der Waals surface area contributed by atoms with Gasteiger partial charge in [-0.05, 0) is 89.9 Å². The monoisotopic (exact) mass is 747 g/mol. The molecule has 0 saturated heterocycles. The summed E-state index contributed by atoms with van der Waals surface area (Å²) in [5.41, 5.74) is 0. The predicted molar refractivity (Wildman–Crippen MR) is 228 cm³/mol. The van der Waals surface area contributed by atoms with Crippen LogP contribution in [0.25, 0.3) is 0 Å². The van der Waals surface area contributed by atoms with E-state index >= 15 is 0 Å². The van der Waals surface area contributed by atoms with E-state index < -0.39 is 12.1 Å². The van der Waals surface area contributed by atoms with Crippen LogP contribution in [0.4, 0.5) is 0 Å². The molecular formula is C48H74O6. The first-order valence-electron chi connectivity index (χ1n) is 20.9. The van der Waals surface area contributed by atoms with Gasteiger partial charge in [0.2, 0.25) is 0 Å². The Bertz CT molecular complexity index is 1180. The van der Waals surface area contributed by atoms with Gasteiger partial charge < -0.3 is 14.2 Å². The van der Waals surface area contributed by atoms with Gasteiger partial charge in [0.05, 0.1) is 6.42 Å². The van der Waals surface area contributed by atoms with Gasteiger partial charge in [0.25, 0.3) is 0 Å². The molecule has 0 aromatic heterocycles. The van der Waals surface area contributed by atoms with Crippen LogP contribution in [0.3, 0.4) is 0 Å². The molecule has 0 aromatic carbocycles. The van der Waals surface area contributed by atoms with Gasteiger partial charge in [0.15, 0.2) is 6.10 Å². The van der Waals surface area contributed by atoms with Crippen molar-refractivity contribution >= 4 is 17.9 Å². The summed E-state index contributed by atoms with van der Waals surface area (Å²) in [5, 5.41) is 0. The standard InChI is InChI=1S/C48H74O6/c1-4-7-10-13-16-19-21-22-23-24-25-26-27-30-32-35-38-41-47(50)53-44-45(43-52-46(49)40-37-34-31-28-18-15-12-9-6-3)54-48(51)42-39-36-33-29-20-17-14-11-8-5-2/h7,9-10,12,14,16-19,22-23,25-26,28,30,32,34,37,45H,4-6,8,11,13,15,20-21,24,27,29,31,33,35-36,38-44H2,1-3H3/b10-7-,12-9-,17-14-,19-16-,23-22-,26-25-,28-18-,32-30-,37-34-. The first-order chi connectivity index (χ1) is 26.5. The zero-order valence-corrected chi connectivity index (χ0v) is 34.2. The molecule has 6 heteroatoms. The van der Waals surface area contributed by atoms with Crippen LogP contribution in [0.1, 0.15) is 156 Å². The normalized spacial score (nSPS) is 13.2.